The Bertz CT molecular complexity index is 340. The van der Waals surface area contributed by atoms with Crippen molar-refractivity contribution in [3.63, 3.8) is 0 Å². The third kappa shape index (κ3) is 2.59. The Hall–Kier alpha value is -1.29. The van der Waals surface area contributed by atoms with Gasteiger partial charge in [0.15, 0.2) is 0 Å². The molecule has 4 heteroatoms. The predicted molar refractivity (Wildman–Crippen MR) is 56.8 cm³/mol. The van der Waals surface area contributed by atoms with Crippen molar-refractivity contribution in [3.05, 3.63) is 23.7 Å². The summed E-state index contributed by atoms with van der Waals surface area (Å²) < 4.78 is 5.08. The molecule has 1 atom stereocenters. The first-order valence-electron chi connectivity index (χ1n) is 5.32. The summed E-state index contributed by atoms with van der Waals surface area (Å²) in [5.41, 5.74) is 0.602. The second kappa shape index (κ2) is 4.49. The van der Waals surface area contributed by atoms with E-state index in [9.17, 15) is 4.79 Å². The van der Waals surface area contributed by atoms with Crippen molar-refractivity contribution >= 4 is 5.91 Å². The Morgan fingerprint density at radius 2 is 2.60 bits per heavy atom. The second-order valence-electron chi connectivity index (χ2n) is 3.95. The fourth-order valence-corrected chi connectivity index (χ4v) is 1.81. The van der Waals surface area contributed by atoms with Crippen LogP contribution < -0.4 is 10.6 Å². The predicted octanol–water partition coefficient (Wildman–Crippen LogP) is 1.07. The van der Waals surface area contributed by atoms with Crippen LogP contribution in [0.25, 0.3) is 0 Å². The van der Waals surface area contributed by atoms with Gasteiger partial charge in [0.2, 0.25) is 0 Å². The van der Waals surface area contributed by atoms with Crippen LogP contribution in [0.4, 0.5) is 0 Å². The van der Waals surface area contributed by atoms with Crippen LogP contribution in [0.5, 0.6) is 0 Å². The highest BCUT2D eigenvalue weighted by Gasteiger charge is 2.15. The molecule has 2 heterocycles. The number of hydrogen-bond donors (Lipinski definition) is 2. The van der Waals surface area contributed by atoms with Gasteiger partial charge in [-0.25, -0.2) is 0 Å². The van der Waals surface area contributed by atoms with Crippen LogP contribution in [0.1, 0.15) is 29.0 Å². The van der Waals surface area contributed by atoms with E-state index < -0.39 is 0 Å². The third-order valence-corrected chi connectivity index (χ3v) is 2.66. The normalized spacial score (nSPS) is 20.5. The zero-order chi connectivity index (χ0) is 10.7. The van der Waals surface area contributed by atoms with Crippen LogP contribution in [-0.4, -0.2) is 25.0 Å². The molecule has 2 N–H and O–H groups in total. The van der Waals surface area contributed by atoms with Crippen LogP contribution >= 0.6 is 0 Å². The van der Waals surface area contributed by atoms with Gasteiger partial charge in [0.25, 0.3) is 5.91 Å². The van der Waals surface area contributed by atoms with Crippen molar-refractivity contribution in [1.29, 1.82) is 0 Å². The molecule has 82 valence electrons. The molecule has 0 aromatic carbocycles. The highest BCUT2D eigenvalue weighted by Crippen LogP contribution is 2.07. The van der Waals surface area contributed by atoms with Gasteiger partial charge in [-0.05, 0) is 32.4 Å². The van der Waals surface area contributed by atoms with Crippen molar-refractivity contribution in [1.82, 2.24) is 10.6 Å². The van der Waals surface area contributed by atoms with Gasteiger partial charge in [-0.2, -0.15) is 0 Å². The lowest BCUT2D eigenvalue weighted by molar-refractivity contribution is 0.0949. The van der Waals surface area contributed by atoms with Crippen LogP contribution in [0, 0.1) is 6.92 Å². The Kier molecular flexibility index (Phi) is 3.06. The van der Waals surface area contributed by atoms with Gasteiger partial charge < -0.3 is 15.1 Å². The molecule has 2 rings (SSSR count). The Morgan fingerprint density at radius 1 is 1.73 bits per heavy atom. The molecule has 1 saturated heterocycles. The molecule has 1 fully saturated rings. The summed E-state index contributed by atoms with van der Waals surface area (Å²) in [6, 6.07) is 2.18. The Labute approximate surface area is 89.0 Å². The first kappa shape index (κ1) is 10.2. The largest absolute Gasteiger partial charge is 0.469 e. The van der Waals surface area contributed by atoms with E-state index in [1.54, 1.807) is 6.07 Å². The minimum Gasteiger partial charge on any atom is -0.469 e. The molecule has 4 nitrogen and oxygen atoms in total. The van der Waals surface area contributed by atoms with Crippen LogP contribution in [0.3, 0.4) is 0 Å². The van der Waals surface area contributed by atoms with Gasteiger partial charge in [-0.15, -0.1) is 0 Å². The smallest absolute Gasteiger partial charge is 0.254 e. The van der Waals surface area contributed by atoms with Crippen molar-refractivity contribution in [3.8, 4) is 0 Å². The molecule has 0 bridgehead atoms. The number of carbonyl (C=O) groups is 1. The lowest BCUT2D eigenvalue weighted by Crippen LogP contribution is -2.37. The third-order valence-electron chi connectivity index (χ3n) is 2.66. The minimum absolute atomic E-state index is 0.0550. The van der Waals surface area contributed by atoms with Gasteiger partial charge in [0.05, 0.1) is 5.56 Å². The minimum atomic E-state index is -0.0550. The van der Waals surface area contributed by atoms with Crippen molar-refractivity contribution in [2.45, 2.75) is 25.8 Å². The monoisotopic (exact) mass is 208 g/mol. The number of furan rings is 1. The molecule has 1 unspecified atom stereocenters. The van der Waals surface area contributed by atoms with Gasteiger partial charge in [0.1, 0.15) is 12.0 Å². The zero-order valence-corrected chi connectivity index (χ0v) is 8.88. The van der Waals surface area contributed by atoms with E-state index in [1.807, 2.05) is 6.92 Å². The van der Waals surface area contributed by atoms with E-state index in [1.165, 1.54) is 12.7 Å². The maximum absolute atomic E-state index is 11.6. The van der Waals surface area contributed by atoms with E-state index in [4.69, 9.17) is 4.42 Å². The van der Waals surface area contributed by atoms with E-state index in [0.29, 0.717) is 18.2 Å². The summed E-state index contributed by atoms with van der Waals surface area (Å²) in [6.45, 7) is 3.59. The maximum atomic E-state index is 11.6. The Morgan fingerprint density at radius 3 is 3.20 bits per heavy atom. The van der Waals surface area contributed by atoms with Crippen LogP contribution in [-0.2, 0) is 0 Å². The maximum Gasteiger partial charge on any atom is 0.254 e. The number of aryl methyl sites for hydroxylation is 1. The summed E-state index contributed by atoms with van der Waals surface area (Å²) in [4.78, 5) is 11.6. The lowest BCUT2D eigenvalue weighted by Gasteiger charge is -2.10. The second-order valence-corrected chi connectivity index (χ2v) is 3.95. The zero-order valence-electron chi connectivity index (χ0n) is 8.88. The molecule has 0 aliphatic carbocycles. The van der Waals surface area contributed by atoms with E-state index in [-0.39, 0.29) is 5.91 Å². The molecule has 1 aliphatic heterocycles. The summed E-state index contributed by atoms with van der Waals surface area (Å²) in [5.74, 6) is 0.708. The molecular formula is C11H16N2O2. The lowest BCUT2D eigenvalue weighted by atomic mass is 10.2. The van der Waals surface area contributed by atoms with Crippen LogP contribution in [0.2, 0.25) is 0 Å². The fraction of sp³-hybridized carbons (Fsp3) is 0.545. The summed E-state index contributed by atoms with van der Waals surface area (Å²) in [7, 11) is 0. The summed E-state index contributed by atoms with van der Waals surface area (Å²) in [5, 5.41) is 6.22. The molecular weight excluding hydrogens is 192 g/mol. The molecule has 15 heavy (non-hydrogen) atoms. The first-order chi connectivity index (χ1) is 7.25. The van der Waals surface area contributed by atoms with E-state index in [0.717, 1.165) is 18.7 Å². The molecule has 1 aromatic rings. The molecule has 1 aliphatic rings. The number of amides is 1. The standard InChI is InChI=1S/C11H16N2O2/c1-8-5-9(7-15-8)11(14)13-6-10-3-2-4-12-10/h5,7,10,12H,2-4,6H2,1H3,(H,13,14). The average Bonchev–Trinajstić information content (AvgIpc) is 2.84. The summed E-state index contributed by atoms with van der Waals surface area (Å²) in [6.07, 6.45) is 3.84. The highest BCUT2D eigenvalue weighted by molar-refractivity contribution is 5.93. The number of nitrogens with one attached hydrogen (secondary N) is 2. The number of carbonyl (C=O) groups excluding carboxylic acids is 1. The topological polar surface area (TPSA) is 54.3 Å². The van der Waals surface area contributed by atoms with E-state index in [2.05, 4.69) is 10.6 Å². The van der Waals surface area contributed by atoms with Gasteiger partial charge >= 0.3 is 0 Å². The van der Waals surface area contributed by atoms with Crippen molar-refractivity contribution in [2.24, 2.45) is 0 Å². The SMILES string of the molecule is Cc1cc(C(=O)NCC2CCCN2)co1. The highest BCUT2D eigenvalue weighted by atomic mass is 16.3. The molecule has 0 spiro atoms. The molecule has 0 radical (unpaired) electrons. The fourth-order valence-electron chi connectivity index (χ4n) is 1.81. The van der Waals surface area contributed by atoms with Gasteiger partial charge in [-0.1, -0.05) is 0 Å². The van der Waals surface area contributed by atoms with Gasteiger partial charge in [0, 0.05) is 12.6 Å². The molecule has 1 aromatic heterocycles. The average molecular weight is 208 g/mol. The first-order valence-corrected chi connectivity index (χ1v) is 5.32. The molecule has 1 amide bonds. The van der Waals surface area contributed by atoms with Crippen molar-refractivity contribution in [2.75, 3.05) is 13.1 Å². The molecule has 0 saturated carbocycles. The van der Waals surface area contributed by atoms with Crippen molar-refractivity contribution < 1.29 is 9.21 Å². The number of rotatable bonds is 3. The van der Waals surface area contributed by atoms with Gasteiger partial charge in [-0.3, -0.25) is 4.79 Å². The summed E-state index contributed by atoms with van der Waals surface area (Å²) >= 11 is 0. The van der Waals surface area contributed by atoms with Crippen LogP contribution in [0.15, 0.2) is 16.7 Å². The van der Waals surface area contributed by atoms with E-state index >= 15 is 0 Å². The number of hydrogen-bond acceptors (Lipinski definition) is 3. The Balaban J connectivity index is 1.81. The quantitative estimate of drug-likeness (QED) is 0.781.